The number of hydrogen-bond donors (Lipinski definition) is 3. The van der Waals surface area contributed by atoms with Gasteiger partial charge in [0.1, 0.15) is 17.8 Å². The Labute approximate surface area is 179 Å². The van der Waals surface area contributed by atoms with Gasteiger partial charge in [0.15, 0.2) is 0 Å². The van der Waals surface area contributed by atoms with Crippen LogP contribution >= 0.6 is 0 Å². The Morgan fingerprint density at radius 1 is 1.06 bits per heavy atom. The average Bonchev–Trinajstić information content (AvgIpc) is 2.98. The molecule has 0 aliphatic carbocycles. The normalized spacial score (nSPS) is 17.8. The van der Waals surface area contributed by atoms with Crippen LogP contribution in [0.1, 0.15) is 30.6 Å². The van der Waals surface area contributed by atoms with Crippen molar-refractivity contribution in [2.24, 2.45) is 0 Å². The van der Waals surface area contributed by atoms with Gasteiger partial charge in [0.05, 0.1) is 12.8 Å². The summed E-state index contributed by atoms with van der Waals surface area (Å²) >= 11 is 0. The van der Waals surface area contributed by atoms with Crippen LogP contribution in [0.2, 0.25) is 0 Å². The molecule has 0 aromatic heterocycles. The van der Waals surface area contributed by atoms with Crippen molar-refractivity contribution in [2.45, 2.75) is 25.8 Å². The van der Waals surface area contributed by atoms with E-state index in [-0.39, 0.29) is 5.91 Å². The third kappa shape index (κ3) is 4.66. The summed E-state index contributed by atoms with van der Waals surface area (Å²) < 4.78 is 5.22. The van der Waals surface area contributed by atoms with Crippen LogP contribution in [0.3, 0.4) is 0 Å². The van der Waals surface area contributed by atoms with E-state index in [0.717, 1.165) is 4.90 Å². The standard InChI is InChI=1S/C22H24N4O5/c1-4-22(2)20(29)26(21(30)25-22)13-18(27)23-15-11-9-14(10-12-15)19(28)24-16-7-5-6-8-17(16)31-3/h5-12H,4,13H2,1-3H3,(H,23,27)(H,24,28)(H,25,30). The summed E-state index contributed by atoms with van der Waals surface area (Å²) in [6.07, 6.45) is 0.425. The molecule has 9 heteroatoms. The molecular weight excluding hydrogens is 400 g/mol. The van der Waals surface area contributed by atoms with Crippen LogP contribution in [-0.2, 0) is 9.59 Å². The van der Waals surface area contributed by atoms with Crippen LogP contribution in [0.5, 0.6) is 5.75 Å². The molecule has 1 aliphatic heterocycles. The van der Waals surface area contributed by atoms with Crippen molar-refractivity contribution in [1.29, 1.82) is 0 Å². The molecule has 2 aromatic carbocycles. The van der Waals surface area contributed by atoms with Crippen molar-refractivity contribution in [3.05, 3.63) is 54.1 Å². The zero-order valence-corrected chi connectivity index (χ0v) is 17.5. The summed E-state index contributed by atoms with van der Waals surface area (Å²) in [6, 6.07) is 12.7. The van der Waals surface area contributed by atoms with E-state index < -0.39 is 29.9 Å². The predicted octanol–water partition coefficient (Wildman–Crippen LogP) is 2.61. The number of imide groups is 1. The molecule has 1 heterocycles. The van der Waals surface area contributed by atoms with Crippen LogP contribution < -0.4 is 20.7 Å². The van der Waals surface area contributed by atoms with E-state index in [1.165, 1.54) is 7.11 Å². The predicted molar refractivity (Wildman–Crippen MR) is 115 cm³/mol. The SMILES string of the molecule is CCC1(C)NC(=O)N(CC(=O)Nc2ccc(C(=O)Nc3ccccc3OC)cc2)C1=O. The van der Waals surface area contributed by atoms with Crippen molar-refractivity contribution in [1.82, 2.24) is 10.2 Å². The number of amides is 5. The quantitative estimate of drug-likeness (QED) is 0.591. The van der Waals surface area contributed by atoms with Gasteiger partial charge in [-0.2, -0.15) is 0 Å². The van der Waals surface area contributed by atoms with Crippen molar-refractivity contribution >= 4 is 35.1 Å². The molecule has 1 fully saturated rings. The Morgan fingerprint density at radius 3 is 2.35 bits per heavy atom. The summed E-state index contributed by atoms with van der Waals surface area (Å²) in [6.45, 7) is 3.02. The monoisotopic (exact) mass is 424 g/mol. The lowest BCUT2D eigenvalue weighted by Gasteiger charge is -2.19. The van der Waals surface area contributed by atoms with Gasteiger partial charge < -0.3 is 20.7 Å². The van der Waals surface area contributed by atoms with Crippen LogP contribution in [0.15, 0.2) is 48.5 Å². The van der Waals surface area contributed by atoms with E-state index in [2.05, 4.69) is 16.0 Å². The fourth-order valence-electron chi connectivity index (χ4n) is 3.12. The van der Waals surface area contributed by atoms with Crippen molar-refractivity contribution in [3.8, 4) is 5.75 Å². The van der Waals surface area contributed by atoms with Crippen LogP contribution in [0.4, 0.5) is 16.2 Å². The van der Waals surface area contributed by atoms with Crippen LogP contribution in [-0.4, -0.2) is 47.8 Å². The zero-order chi connectivity index (χ0) is 22.6. The maximum atomic E-state index is 12.5. The highest BCUT2D eigenvalue weighted by molar-refractivity contribution is 6.10. The number of anilines is 2. The van der Waals surface area contributed by atoms with E-state index in [1.807, 2.05) is 0 Å². The molecule has 0 radical (unpaired) electrons. The number of methoxy groups -OCH3 is 1. The summed E-state index contributed by atoms with van der Waals surface area (Å²) in [5.74, 6) is -0.742. The first-order valence-corrected chi connectivity index (χ1v) is 9.76. The number of carbonyl (C=O) groups is 4. The average molecular weight is 424 g/mol. The van der Waals surface area contributed by atoms with Crippen molar-refractivity contribution < 1.29 is 23.9 Å². The first-order chi connectivity index (χ1) is 14.8. The minimum atomic E-state index is -0.992. The lowest BCUT2D eigenvalue weighted by molar-refractivity contribution is -0.133. The summed E-state index contributed by atoms with van der Waals surface area (Å²) in [7, 11) is 1.52. The second-order valence-electron chi connectivity index (χ2n) is 7.29. The van der Waals surface area contributed by atoms with Gasteiger partial charge in [-0.1, -0.05) is 19.1 Å². The molecule has 0 bridgehead atoms. The fourth-order valence-corrected chi connectivity index (χ4v) is 3.12. The molecule has 1 unspecified atom stereocenters. The second-order valence-corrected chi connectivity index (χ2v) is 7.29. The fraction of sp³-hybridized carbons (Fsp3) is 0.273. The van der Waals surface area contributed by atoms with E-state index >= 15 is 0 Å². The smallest absolute Gasteiger partial charge is 0.325 e. The number of benzene rings is 2. The van der Waals surface area contributed by atoms with Gasteiger partial charge in [-0.05, 0) is 49.7 Å². The molecular formula is C22H24N4O5. The molecule has 5 amide bonds. The van der Waals surface area contributed by atoms with Gasteiger partial charge in [-0.3, -0.25) is 19.3 Å². The Morgan fingerprint density at radius 2 is 1.74 bits per heavy atom. The molecule has 2 aromatic rings. The van der Waals surface area contributed by atoms with E-state index in [9.17, 15) is 19.2 Å². The van der Waals surface area contributed by atoms with Crippen LogP contribution in [0, 0.1) is 0 Å². The number of hydrogen-bond acceptors (Lipinski definition) is 5. The first-order valence-electron chi connectivity index (χ1n) is 9.76. The van der Waals surface area contributed by atoms with E-state index in [4.69, 9.17) is 4.74 Å². The van der Waals surface area contributed by atoms with Gasteiger partial charge in [-0.15, -0.1) is 0 Å². The molecule has 1 aliphatic rings. The van der Waals surface area contributed by atoms with Gasteiger partial charge in [-0.25, -0.2) is 4.79 Å². The molecule has 3 rings (SSSR count). The molecule has 0 spiro atoms. The summed E-state index contributed by atoms with van der Waals surface area (Å²) in [5, 5.41) is 8.00. The van der Waals surface area contributed by atoms with E-state index in [0.29, 0.717) is 29.1 Å². The third-order valence-corrected chi connectivity index (χ3v) is 5.14. The molecule has 31 heavy (non-hydrogen) atoms. The Kier molecular flexibility index (Phi) is 6.24. The topological polar surface area (TPSA) is 117 Å². The Bertz CT molecular complexity index is 1020. The Balaban J connectivity index is 1.60. The molecule has 162 valence electrons. The number of ether oxygens (including phenoxy) is 1. The highest BCUT2D eigenvalue weighted by atomic mass is 16.5. The summed E-state index contributed by atoms with van der Waals surface area (Å²) in [4.78, 5) is 50.1. The highest BCUT2D eigenvalue weighted by Gasteiger charge is 2.46. The number of rotatable bonds is 7. The lowest BCUT2D eigenvalue weighted by atomic mass is 9.99. The second kappa shape index (κ2) is 8.86. The maximum Gasteiger partial charge on any atom is 0.325 e. The van der Waals surface area contributed by atoms with Crippen molar-refractivity contribution in [3.63, 3.8) is 0 Å². The summed E-state index contributed by atoms with van der Waals surface area (Å²) in [5.41, 5.74) is 0.370. The first kappa shape index (κ1) is 21.8. The Hall–Kier alpha value is -3.88. The minimum Gasteiger partial charge on any atom is -0.495 e. The van der Waals surface area contributed by atoms with Gasteiger partial charge in [0.25, 0.3) is 11.8 Å². The number of nitrogens with one attached hydrogen (secondary N) is 3. The van der Waals surface area contributed by atoms with Gasteiger partial charge in [0, 0.05) is 11.3 Å². The van der Waals surface area contributed by atoms with E-state index in [1.54, 1.807) is 62.4 Å². The highest BCUT2D eigenvalue weighted by Crippen LogP contribution is 2.24. The maximum absolute atomic E-state index is 12.5. The van der Waals surface area contributed by atoms with Crippen molar-refractivity contribution in [2.75, 3.05) is 24.3 Å². The third-order valence-electron chi connectivity index (χ3n) is 5.14. The van der Waals surface area contributed by atoms with Gasteiger partial charge in [0.2, 0.25) is 5.91 Å². The molecule has 3 N–H and O–H groups in total. The molecule has 9 nitrogen and oxygen atoms in total. The van der Waals surface area contributed by atoms with Gasteiger partial charge >= 0.3 is 6.03 Å². The number of nitrogens with zero attached hydrogens (tertiary/aromatic N) is 1. The molecule has 1 atom stereocenters. The minimum absolute atomic E-state index is 0.333. The molecule has 1 saturated heterocycles. The largest absolute Gasteiger partial charge is 0.495 e. The molecule has 0 saturated carbocycles. The number of para-hydroxylation sites is 2. The van der Waals surface area contributed by atoms with Crippen LogP contribution in [0.25, 0.3) is 0 Å². The number of carbonyl (C=O) groups excluding carboxylic acids is 4. The zero-order valence-electron chi connectivity index (χ0n) is 17.5. The number of urea groups is 1. The lowest BCUT2D eigenvalue weighted by Crippen LogP contribution is -2.44.